The lowest BCUT2D eigenvalue weighted by Crippen LogP contribution is -2.37. The summed E-state index contributed by atoms with van der Waals surface area (Å²) in [5, 5.41) is 53.4. The van der Waals surface area contributed by atoms with Crippen molar-refractivity contribution in [1.29, 1.82) is 0 Å². The first-order valence-electron chi connectivity index (χ1n) is 24.7. The van der Waals surface area contributed by atoms with Crippen LogP contribution in [0.1, 0.15) is 64.2 Å². The molecule has 2 fully saturated rings. The van der Waals surface area contributed by atoms with Gasteiger partial charge in [-0.15, -0.1) is 0 Å². The summed E-state index contributed by atoms with van der Waals surface area (Å²) in [5.74, 6) is -3.37. The fourth-order valence-corrected chi connectivity index (χ4v) is 7.44. The van der Waals surface area contributed by atoms with E-state index in [2.05, 4.69) is 0 Å². The molecule has 2 atom stereocenters. The highest BCUT2D eigenvalue weighted by Crippen LogP contribution is 2.32. The summed E-state index contributed by atoms with van der Waals surface area (Å²) in [5.41, 5.74) is 0. The molecule has 416 valence electrons. The molecule has 2 aliphatic rings. The van der Waals surface area contributed by atoms with Crippen LogP contribution in [0, 0.1) is 23.7 Å². The summed E-state index contributed by atoms with van der Waals surface area (Å²) in [7, 11) is 4.59. The van der Waals surface area contributed by atoms with E-state index >= 15 is 0 Å². The summed E-state index contributed by atoms with van der Waals surface area (Å²) in [4.78, 5) is 76.6. The largest absolute Gasteiger partial charge is 0.464 e. The third-order valence-corrected chi connectivity index (χ3v) is 11.4. The number of rotatable bonds is 37. The molecule has 24 heteroatoms. The molecule has 2 aliphatic carbocycles. The summed E-state index contributed by atoms with van der Waals surface area (Å²) in [6.45, 7) is 5.96. The maximum absolute atomic E-state index is 12.4. The van der Waals surface area contributed by atoms with Crippen molar-refractivity contribution in [1.82, 2.24) is 14.7 Å². The van der Waals surface area contributed by atoms with Gasteiger partial charge in [-0.3, -0.25) is 43.5 Å². The van der Waals surface area contributed by atoms with Gasteiger partial charge in [0.1, 0.15) is 39.6 Å². The molecule has 71 heavy (non-hydrogen) atoms. The van der Waals surface area contributed by atoms with Gasteiger partial charge in [0.25, 0.3) is 0 Å². The van der Waals surface area contributed by atoms with E-state index in [1.54, 1.807) is 12.0 Å². The lowest BCUT2D eigenvalue weighted by molar-refractivity contribution is -0.163. The van der Waals surface area contributed by atoms with Gasteiger partial charge in [0.2, 0.25) is 0 Å². The van der Waals surface area contributed by atoms with Crippen LogP contribution >= 0.6 is 0 Å². The fraction of sp³-hybridized carbons (Fsp3) is 0.872. The first-order valence-corrected chi connectivity index (χ1v) is 24.7. The number of hydrogen-bond acceptors (Lipinski definition) is 24. The number of ether oxygens (including phenoxy) is 9. The Bertz CT molecular complexity index is 1360. The van der Waals surface area contributed by atoms with Gasteiger partial charge in [-0.2, -0.15) is 0 Å². The molecule has 0 amide bonds. The molecule has 0 heterocycles. The van der Waals surface area contributed by atoms with Gasteiger partial charge in [-0.1, -0.05) is 12.8 Å². The lowest BCUT2D eigenvalue weighted by atomic mass is 9.79. The summed E-state index contributed by atoms with van der Waals surface area (Å²) in [6, 6.07) is 0. The second-order valence-electron chi connectivity index (χ2n) is 16.5. The van der Waals surface area contributed by atoms with Gasteiger partial charge in [0, 0.05) is 80.2 Å². The van der Waals surface area contributed by atoms with Gasteiger partial charge in [-0.05, 0) is 38.5 Å². The Balaban J connectivity index is 0.00000104. The van der Waals surface area contributed by atoms with E-state index in [-0.39, 0.29) is 128 Å². The van der Waals surface area contributed by atoms with Crippen molar-refractivity contribution >= 4 is 35.8 Å². The van der Waals surface area contributed by atoms with E-state index in [4.69, 9.17) is 73.3 Å². The Labute approximate surface area is 419 Å². The van der Waals surface area contributed by atoms with Crippen molar-refractivity contribution in [2.75, 3.05) is 179 Å². The Hall–Kier alpha value is -3.66. The van der Waals surface area contributed by atoms with Crippen LogP contribution in [-0.2, 0) is 71.4 Å². The Kier molecular flexibility index (Phi) is 43.8. The third kappa shape index (κ3) is 34.4. The smallest absolute Gasteiger partial charge is 0.309 e. The molecule has 2 unspecified atom stereocenters. The molecule has 0 saturated heterocycles. The molecule has 0 aliphatic heterocycles. The standard InChI is InChI=1S/2C17H31NO7.C13H25NO7/c1-23-12-13-25-17(22)15-4-2-14(3-5-15)16(21)24-11-8-18(6-9-19)7-10-20;1-23-12-13-25-17(22)15-5-3-2-4-14(15)16(21)24-11-8-18(6-9-19)7-10-20;1-19-10-11-21-13(18)3-2-12(17)20-9-6-14(4-7-15)5-8-16/h2*14-15,19-20H,2-13H2,1H3;15-16H,2-11H2,1H3. The molecule has 0 bridgehead atoms. The number of esters is 6. The van der Waals surface area contributed by atoms with Crippen LogP contribution in [0.5, 0.6) is 0 Å². The minimum atomic E-state index is -0.480. The number of methoxy groups -OCH3 is 3. The Morgan fingerprint density at radius 1 is 0.352 bits per heavy atom. The van der Waals surface area contributed by atoms with E-state index < -0.39 is 23.8 Å². The van der Waals surface area contributed by atoms with Crippen molar-refractivity contribution in [3.05, 3.63) is 0 Å². The highest BCUT2D eigenvalue weighted by atomic mass is 16.6. The minimum absolute atomic E-state index is 0.00155. The second-order valence-corrected chi connectivity index (χ2v) is 16.5. The fourth-order valence-electron chi connectivity index (χ4n) is 7.44. The van der Waals surface area contributed by atoms with Crippen molar-refractivity contribution in [3.63, 3.8) is 0 Å². The number of aliphatic hydroxyl groups is 6. The normalized spacial score (nSPS) is 17.6. The zero-order valence-electron chi connectivity index (χ0n) is 42.5. The van der Waals surface area contributed by atoms with E-state index in [9.17, 15) is 28.8 Å². The molecule has 2 rings (SSSR count). The maximum Gasteiger partial charge on any atom is 0.309 e. The van der Waals surface area contributed by atoms with Crippen molar-refractivity contribution < 1.29 is 102 Å². The zero-order chi connectivity index (χ0) is 52.9. The van der Waals surface area contributed by atoms with Gasteiger partial charge >= 0.3 is 35.8 Å². The molecule has 2 saturated carbocycles. The summed E-state index contributed by atoms with van der Waals surface area (Å²) in [6.07, 6.45) is 5.49. The highest BCUT2D eigenvalue weighted by Gasteiger charge is 2.38. The Morgan fingerprint density at radius 2 is 0.620 bits per heavy atom. The number of hydrogen-bond donors (Lipinski definition) is 6. The monoisotopic (exact) mass is 1030 g/mol. The van der Waals surface area contributed by atoms with Crippen molar-refractivity contribution in [2.45, 2.75) is 64.2 Å². The SMILES string of the molecule is COCCOC(=O)C1CCC(C(=O)OCCN(CCO)CCO)CC1.COCCOC(=O)C1CCCCC1C(=O)OCCN(CCO)CCO.COCCOC(=O)CCC(=O)OCCN(CCO)CCO. The molecule has 0 radical (unpaired) electrons. The van der Waals surface area contributed by atoms with Gasteiger partial charge in [-0.25, -0.2) is 0 Å². The molecular formula is C47H87N3O21. The maximum atomic E-state index is 12.4. The molecule has 0 aromatic carbocycles. The summed E-state index contributed by atoms with van der Waals surface area (Å²) < 4.78 is 45.1. The molecule has 6 N–H and O–H groups in total. The van der Waals surface area contributed by atoms with Gasteiger partial charge in [0.05, 0.1) is 96.0 Å². The lowest BCUT2D eigenvalue weighted by Gasteiger charge is -2.28. The first kappa shape index (κ1) is 67.3. The number of carbonyl (C=O) groups excluding carboxylic acids is 6. The van der Waals surface area contributed by atoms with Crippen molar-refractivity contribution in [3.8, 4) is 0 Å². The molecule has 24 nitrogen and oxygen atoms in total. The van der Waals surface area contributed by atoms with E-state index in [1.807, 2.05) is 9.80 Å². The van der Waals surface area contributed by atoms with Crippen LogP contribution in [-0.4, -0.2) is 260 Å². The average molecular weight is 1030 g/mol. The molecule has 0 spiro atoms. The predicted molar refractivity (Wildman–Crippen MR) is 253 cm³/mol. The zero-order valence-corrected chi connectivity index (χ0v) is 42.5. The second kappa shape index (κ2) is 46.1. The molecular weight excluding hydrogens is 943 g/mol. The topological polar surface area (TPSA) is 317 Å². The van der Waals surface area contributed by atoms with E-state index in [0.717, 1.165) is 12.8 Å². The number of aliphatic hydroxyl groups excluding tert-OH is 6. The average Bonchev–Trinajstić information content (AvgIpc) is 3.36. The van der Waals surface area contributed by atoms with Gasteiger partial charge in [0.15, 0.2) is 0 Å². The number of carbonyl (C=O) groups is 6. The minimum Gasteiger partial charge on any atom is -0.464 e. The highest BCUT2D eigenvalue weighted by molar-refractivity contribution is 5.82. The van der Waals surface area contributed by atoms with Crippen molar-refractivity contribution in [2.24, 2.45) is 23.7 Å². The molecule has 0 aromatic heterocycles. The first-order chi connectivity index (χ1) is 34.4. The molecule has 0 aromatic rings. The van der Waals surface area contributed by atoms with E-state index in [0.29, 0.717) is 117 Å². The van der Waals surface area contributed by atoms with Crippen LogP contribution in [0.15, 0.2) is 0 Å². The summed E-state index contributed by atoms with van der Waals surface area (Å²) >= 11 is 0. The predicted octanol–water partition coefficient (Wildman–Crippen LogP) is -1.59. The number of nitrogens with zero attached hydrogens (tertiary/aromatic N) is 3. The van der Waals surface area contributed by atoms with Crippen LogP contribution in [0.4, 0.5) is 0 Å². The van der Waals surface area contributed by atoms with Crippen LogP contribution < -0.4 is 0 Å². The van der Waals surface area contributed by atoms with E-state index in [1.165, 1.54) is 14.2 Å². The Morgan fingerprint density at radius 3 is 0.944 bits per heavy atom. The quantitative estimate of drug-likeness (QED) is 0.0232. The van der Waals surface area contributed by atoms with Crippen LogP contribution in [0.25, 0.3) is 0 Å². The third-order valence-electron chi connectivity index (χ3n) is 11.4. The van der Waals surface area contributed by atoms with Gasteiger partial charge < -0.3 is 73.3 Å². The van der Waals surface area contributed by atoms with Crippen LogP contribution in [0.2, 0.25) is 0 Å². The van der Waals surface area contributed by atoms with Crippen LogP contribution in [0.3, 0.4) is 0 Å².